The number of ether oxygens (including phenoxy) is 1. The monoisotopic (exact) mass is 395 g/mol. The van der Waals surface area contributed by atoms with Gasteiger partial charge < -0.3 is 10.1 Å². The van der Waals surface area contributed by atoms with Crippen LogP contribution in [0.4, 0.5) is 10.8 Å². The normalized spacial score (nSPS) is 15.9. The topological polar surface area (TPSA) is 81.2 Å². The number of rotatable bonds is 8. The average molecular weight is 396 g/mol. The van der Waals surface area contributed by atoms with Gasteiger partial charge in [0.1, 0.15) is 5.82 Å². The lowest BCUT2D eigenvalue weighted by Gasteiger charge is -2.21. The van der Waals surface area contributed by atoms with E-state index in [2.05, 4.69) is 14.7 Å². The smallest absolute Gasteiger partial charge is 0.207 e. The molecule has 6 nitrogen and oxygen atoms in total. The zero-order valence-electron chi connectivity index (χ0n) is 15.0. The molecule has 142 valence electrons. The Morgan fingerprint density at radius 3 is 2.85 bits per heavy atom. The minimum absolute atomic E-state index is 0.0996. The molecule has 0 bridgehead atoms. The van der Waals surface area contributed by atoms with E-state index in [1.165, 1.54) is 11.5 Å². The molecule has 2 aromatic rings. The summed E-state index contributed by atoms with van der Waals surface area (Å²) in [6.07, 6.45) is 5.47. The number of benzene rings is 1. The van der Waals surface area contributed by atoms with E-state index in [-0.39, 0.29) is 11.0 Å². The second kappa shape index (κ2) is 8.92. The lowest BCUT2D eigenvalue weighted by Crippen LogP contribution is -2.25. The predicted molar refractivity (Wildman–Crippen MR) is 105 cm³/mol. The van der Waals surface area contributed by atoms with Crippen molar-refractivity contribution >= 4 is 32.2 Å². The SMILES string of the molecule is COCCc1nsc(Nc2cccc(CS(=O)(=O)C3CCCCC3)c2)n1. The summed E-state index contributed by atoms with van der Waals surface area (Å²) in [5, 5.41) is 3.73. The highest BCUT2D eigenvalue weighted by Gasteiger charge is 2.27. The van der Waals surface area contributed by atoms with E-state index in [0.717, 1.165) is 49.2 Å². The summed E-state index contributed by atoms with van der Waals surface area (Å²) in [4.78, 5) is 4.42. The Morgan fingerprint density at radius 1 is 1.27 bits per heavy atom. The van der Waals surface area contributed by atoms with Crippen molar-refractivity contribution in [3.8, 4) is 0 Å². The summed E-state index contributed by atoms with van der Waals surface area (Å²) in [6, 6.07) is 7.54. The molecule has 0 spiro atoms. The molecular formula is C18H25N3O3S2. The molecule has 1 aliphatic rings. The number of hydrogen-bond donors (Lipinski definition) is 1. The molecule has 1 N–H and O–H groups in total. The van der Waals surface area contributed by atoms with Gasteiger partial charge in [0.05, 0.1) is 17.6 Å². The summed E-state index contributed by atoms with van der Waals surface area (Å²) in [5.41, 5.74) is 1.64. The van der Waals surface area contributed by atoms with Crippen LogP contribution >= 0.6 is 11.5 Å². The summed E-state index contributed by atoms with van der Waals surface area (Å²) in [7, 11) is -1.45. The molecule has 0 saturated heterocycles. The first-order valence-electron chi connectivity index (χ1n) is 8.96. The third-order valence-electron chi connectivity index (χ3n) is 4.60. The third-order valence-corrected chi connectivity index (χ3v) is 7.50. The molecule has 26 heavy (non-hydrogen) atoms. The Kier molecular flexibility index (Phi) is 6.61. The Morgan fingerprint density at radius 2 is 2.08 bits per heavy atom. The molecule has 1 fully saturated rings. The molecule has 3 rings (SSSR count). The second-order valence-electron chi connectivity index (χ2n) is 6.65. The summed E-state index contributed by atoms with van der Waals surface area (Å²) in [6.45, 7) is 0.588. The maximum absolute atomic E-state index is 12.7. The standard InChI is InChI=1S/C18H25N3O3S2/c1-24-11-10-17-20-18(25-21-17)19-15-7-5-6-14(12-15)13-26(22,23)16-8-3-2-4-9-16/h5-7,12,16H,2-4,8-11,13H2,1H3,(H,19,20,21). The van der Waals surface area contributed by atoms with Gasteiger partial charge in [-0.1, -0.05) is 31.4 Å². The van der Waals surface area contributed by atoms with Crippen molar-refractivity contribution in [2.24, 2.45) is 0 Å². The van der Waals surface area contributed by atoms with E-state index < -0.39 is 9.84 Å². The predicted octanol–water partition coefficient (Wildman–Crippen LogP) is 3.72. The Balaban J connectivity index is 1.65. The highest BCUT2D eigenvalue weighted by Crippen LogP contribution is 2.27. The van der Waals surface area contributed by atoms with Crippen LogP contribution in [-0.2, 0) is 26.7 Å². The largest absolute Gasteiger partial charge is 0.384 e. The number of anilines is 2. The molecule has 1 heterocycles. The highest BCUT2D eigenvalue weighted by molar-refractivity contribution is 7.91. The van der Waals surface area contributed by atoms with Crippen molar-refractivity contribution in [2.45, 2.75) is 49.5 Å². The Hall–Kier alpha value is -1.51. The number of hydrogen-bond acceptors (Lipinski definition) is 7. The van der Waals surface area contributed by atoms with E-state index in [9.17, 15) is 8.42 Å². The Labute approximate surface area is 159 Å². The lowest BCUT2D eigenvalue weighted by molar-refractivity contribution is 0.201. The minimum atomic E-state index is -3.10. The number of methoxy groups -OCH3 is 1. The van der Waals surface area contributed by atoms with Gasteiger partial charge in [-0.05, 0) is 30.5 Å². The first-order valence-corrected chi connectivity index (χ1v) is 11.4. The van der Waals surface area contributed by atoms with Crippen LogP contribution in [0, 0.1) is 0 Å². The van der Waals surface area contributed by atoms with Gasteiger partial charge in [-0.2, -0.15) is 4.37 Å². The molecule has 1 aliphatic carbocycles. The van der Waals surface area contributed by atoms with E-state index in [0.29, 0.717) is 18.2 Å². The number of nitrogens with zero attached hydrogens (tertiary/aromatic N) is 2. The third kappa shape index (κ3) is 5.25. The van der Waals surface area contributed by atoms with Crippen LogP contribution in [0.3, 0.4) is 0 Å². The molecule has 0 aliphatic heterocycles. The Bertz CT molecular complexity index is 815. The van der Waals surface area contributed by atoms with E-state index >= 15 is 0 Å². The average Bonchev–Trinajstić information content (AvgIpc) is 3.08. The first-order chi connectivity index (χ1) is 12.6. The zero-order valence-corrected chi connectivity index (χ0v) is 16.6. The number of nitrogens with one attached hydrogen (secondary N) is 1. The van der Waals surface area contributed by atoms with Gasteiger partial charge in [0.2, 0.25) is 5.13 Å². The quantitative estimate of drug-likeness (QED) is 0.734. The zero-order chi connectivity index (χ0) is 18.4. The lowest BCUT2D eigenvalue weighted by atomic mass is 10.0. The number of sulfone groups is 1. The molecular weight excluding hydrogens is 370 g/mol. The van der Waals surface area contributed by atoms with Crippen LogP contribution in [0.5, 0.6) is 0 Å². The van der Waals surface area contributed by atoms with Crippen molar-refractivity contribution in [3.05, 3.63) is 35.7 Å². The van der Waals surface area contributed by atoms with Gasteiger partial charge in [0, 0.05) is 30.8 Å². The van der Waals surface area contributed by atoms with Crippen molar-refractivity contribution in [3.63, 3.8) is 0 Å². The van der Waals surface area contributed by atoms with E-state index in [1.807, 2.05) is 24.3 Å². The van der Waals surface area contributed by atoms with Crippen LogP contribution < -0.4 is 5.32 Å². The minimum Gasteiger partial charge on any atom is -0.384 e. The second-order valence-corrected chi connectivity index (χ2v) is 9.68. The fourth-order valence-corrected chi connectivity index (χ4v) is 5.80. The fraction of sp³-hybridized carbons (Fsp3) is 0.556. The van der Waals surface area contributed by atoms with Crippen LogP contribution in [0.15, 0.2) is 24.3 Å². The molecule has 1 aromatic heterocycles. The maximum atomic E-state index is 12.7. The summed E-state index contributed by atoms with van der Waals surface area (Å²) in [5.74, 6) is 0.845. The molecule has 0 atom stereocenters. The summed E-state index contributed by atoms with van der Waals surface area (Å²) < 4.78 is 34.7. The van der Waals surface area contributed by atoms with Gasteiger partial charge in [0.25, 0.3) is 0 Å². The molecule has 1 aromatic carbocycles. The van der Waals surface area contributed by atoms with Gasteiger partial charge >= 0.3 is 0 Å². The number of aromatic nitrogens is 2. The van der Waals surface area contributed by atoms with Crippen molar-refractivity contribution < 1.29 is 13.2 Å². The molecule has 8 heteroatoms. The van der Waals surface area contributed by atoms with Crippen molar-refractivity contribution in [1.82, 2.24) is 9.36 Å². The van der Waals surface area contributed by atoms with Gasteiger partial charge in [-0.15, -0.1) is 0 Å². The van der Waals surface area contributed by atoms with Gasteiger partial charge in [0.15, 0.2) is 9.84 Å². The van der Waals surface area contributed by atoms with E-state index in [1.54, 1.807) is 7.11 Å². The summed E-state index contributed by atoms with van der Waals surface area (Å²) >= 11 is 1.29. The van der Waals surface area contributed by atoms with Crippen LogP contribution in [0.2, 0.25) is 0 Å². The molecule has 0 unspecified atom stereocenters. The van der Waals surface area contributed by atoms with E-state index in [4.69, 9.17) is 4.74 Å². The van der Waals surface area contributed by atoms with Crippen LogP contribution in [-0.4, -0.2) is 36.7 Å². The van der Waals surface area contributed by atoms with Crippen LogP contribution in [0.25, 0.3) is 0 Å². The molecule has 1 saturated carbocycles. The van der Waals surface area contributed by atoms with Gasteiger partial charge in [-0.25, -0.2) is 13.4 Å². The fourth-order valence-electron chi connectivity index (χ4n) is 3.24. The van der Waals surface area contributed by atoms with Gasteiger partial charge in [-0.3, -0.25) is 0 Å². The highest BCUT2D eigenvalue weighted by atomic mass is 32.2. The maximum Gasteiger partial charge on any atom is 0.207 e. The van der Waals surface area contributed by atoms with Crippen molar-refractivity contribution in [1.29, 1.82) is 0 Å². The molecule has 0 radical (unpaired) electrons. The van der Waals surface area contributed by atoms with Crippen LogP contribution in [0.1, 0.15) is 43.5 Å². The van der Waals surface area contributed by atoms with Crippen molar-refractivity contribution in [2.75, 3.05) is 19.0 Å². The first kappa shape index (κ1) is 19.3. The molecule has 0 amide bonds.